The van der Waals surface area contributed by atoms with Gasteiger partial charge >= 0.3 is 0 Å². The molecule has 1 aromatic heterocycles. The zero-order valence-electron chi connectivity index (χ0n) is 9.77. The lowest BCUT2D eigenvalue weighted by atomic mass is 10.2. The van der Waals surface area contributed by atoms with Gasteiger partial charge < -0.3 is 5.32 Å². The highest BCUT2D eigenvalue weighted by Crippen LogP contribution is 2.29. The summed E-state index contributed by atoms with van der Waals surface area (Å²) in [4.78, 5) is 8.46. The van der Waals surface area contributed by atoms with Crippen molar-refractivity contribution in [3.8, 4) is 0 Å². The van der Waals surface area contributed by atoms with E-state index >= 15 is 0 Å². The van der Waals surface area contributed by atoms with Gasteiger partial charge in [-0.1, -0.05) is 35.3 Å². The first-order valence-corrected chi connectivity index (χ1v) is 6.41. The summed E-state index contributed by atoms with van der Waals surface area (Å²) in [5.41, 5.74) is 1.59. The zero-order chi connectivity index (χ0) is 13.2. The lowest BCUT2D eigenvalue weighted by molar-refractivity contribution is 1.22. The number of benzene rings is 2. The molecule has 0 amide bonds. The maximum Gasteiger partial charge on any atom is 0.141 e. The van der Waals surface area contributed by atoms with Crippen molar-refractivity contribution < 1.29 is 0 Å². The fourth-order valence-corrected chi connectivity index (χ4v) is 2.16. The molecule has 0 saturated heterocycles. The Kier molecular flexibility index (Phi) is 3.23. The first-order chi connectivity index (χ1) is 9.24. The van der Waals surface area contributed by atoms with Gasteiger partial charge in [-0.25, -0.2) is 9.97 Å². The van der Waals surface area contributed by atoms with Gasteiger partial charge in [-0.15, -0.1) is 0 Å². The molecule has 0 radical (unpaired) electrons. The molecule has 1 heterocycles. The number of para-hydroxylation sites is 1. The fourth-order valence-electron chi connectivity index (χ4n) is 1.83. The van der Waals surface area contributed by atoms with Crippen LogP contribution in [0.25, 0.3) is 10.9 Å². The standard InChI is InChI=1S/C14H9Cl2N3/c15-9-5-6-11(16)13(7-9)19-14-10-3-1-2-4-12(10)17-8-18-14/h1-8H,(H,17,18,19). The van der Waals surface area contributed by atoms with Crippen LogP contribution in [-0.4, -0.2) is 9.97 Å². The number of fused-ring (bicyclic) bond motifs is 1. The number of hydrogen-bond donors (Lipinski definition) is 1. The van der Waals surface area contributed by atoms with Gasteiger partial charge in [0.1, 0.15) is 12.1 Å². The van der Waals surface area contributed by atoms with Crippen LogP contribution >= 0.6 is 23.2 Å². The van der Waals surface area contributed by atoms with E-state index in [2.05, 4.69) is 15.3 Å². The predicted octanol–water partition coefficient (Wildman–Crippen LogP) is 4.68. The molecule has 3 rings (SSSR count). The van der Waals surface area contributed by atoms with E-state index in [4.69, 9.17) is 23.2 Å². The van der Waals surface area contributed by atoms with E-state index in [9.17, 15) is 0 Å². The molecule has 0 unspecified atom stereocenters. The minimum Gasteiger partial charge on any atom is -0.338 e. The quantitative estimate of drug-likeness (QED) is 0.744. The first kappa shape index (κ1) is 12.2. The maximum absolute atomic E-state index is 6.13. The molecular formula is C14H9Cl2N3. The molecule has 1 N–H and O–H groups in total. The van der Waals surface area contributed by atoms with Gasteiger partial charge in [0.2, 0.25) is 0 Å². The fraction of sp³-hybridized carbons (Fsp3) is 0. The molecule has 3 aromatic rings. The smallest absolute Gasteiger partial charge is 0.141 e. The van der Waals surface area contributed by atoms with E-state index in [0.29, 0.717) is 15.9 Å². The molecule has 19 heavy (non-hydrogen) atoms. The summed E-state index contributed by atoms with van der Waals surface area (Å²) < 4.78 is 0. The molecule has 5 heteroatoms. The second-order valence-corrected chi connectivity index (χ2v) is 4.83. The Morgan fingerprint density at radius 2 is 1.79 bits per heavy atom. The van der Waals surface area contributed by atoms with Crippen molar-refractivity contribution in [2.45, 2.75) is 0 Å². The number of anilines is 2. The predicted molar refractivity (Wildman–Crippen MR) is 79.3 cm³/mol. The number of halogens is 2. The highest BCUT2D eigenvalue weighted by Gasteiger charge is 2.06. The molecule has 0 aliphatic heterocycles. The van der Waals surface area contributed by atoms with Crippen molar-refractivity contribution in [1.29, 1.82) is 0 Å². The van der Waals surface area contributed by atoms with Crippen LogP contribution in [0.1, 0.15) is 0 Å². The molecule has 0 fully saturated rings. The minimum atomic E-state index is 0.590. The van der Waals surface area contributed by atoms with Gasteiger partial charge in [0.15, 0.2) is 0 Å². The van der Waals surface area contributed by atoms with E-state index < -0.39 is 0 Å². The Morgan fingerprint density at radius 1 is 0.947 bits per heavy atom. The zero-order valence-corrected chi connectivity index (χ0v) is 11.3. The third kappa shape index (κ3) is 2.48. The van der Waals surface area contributed by atoms with Gasteiger partial charge in [0.25, 0.3) is 0 Å². The number of nitrogens with one attached hydrogen (secondary N) is 1. The highest BCUT2D eigenvalue weighted by atomic mass is 35.5. The van der Waals surface area contributed by atoms with Crippen LogP contribution in [0.2, 0.25) is 10.0 Å². The Balaban J connectivity index is 2.08. The van der Waals surface area contributed by atoms with Crippen LogP contribution in [0, 0.1) is 0 Å². The summed E-state index contributed by atoms with van der Waals surface area (Å²) in [5, 5.41) is 5.33. The minimum absolute atomic E-state index is 0.590. The van der Waals surface area contributed by atoms with E-state index in [-0.39, 0.29) is 0 Å². The van der Waals surface area contributed by atoms with Crippen LogP contribution in [0.5, 0.6) is 0 Å². The molecule has 0 aliphatic carbocycles. The third-order valence-electron chi connectivity index (χ3n) is 2.72. The first-order valence-electron chi connectivity index (χ1n) is 5.66. The van der Waals surface area contributed by atoms with Crippen molar-refractivity contribution in [2.24, 2.45) is 0 Å². The summed E-state index contributed by atoms with van der Waals surface area (Å²) in [7, 11) is 0. The number of hydrogen-bond acceptors (Lipinski definition) is 3. The molecular weight excluding hydrogens is 281 g/mol. The third-order valence-corrected chi connectivity index (χ3v) is 3.29. The molecule has 0 bridgehead atoms. The average molecular weight is 290 g/mol. The lowest BCUT2D eigenvalue weighted by Gasteiger charge is -2.10. The van der Waals surface area contributed by atoms with Crippen molar-refractivity contribution in [1.82, 2.24) is 9.97 Å². The largest absolute Gasteiger partial charge is 0.338 e. The summed E-state index contributed by atoms with van der Waals surface area (Å²) in [6.07, 6.45) is 1.52. The van der Waals surface area contributed by atoms with Crippen LogP contribution in [0.4, 0.5) is 11.5 Å². The average Bonchev–Trinajstić information content (AvgIpc) is 2.43. The second kappa shape index (κ2) is 5.03. The maximum atomic E-state index is 6.13. The van der Waals surface area contributed by atoms with Gasteiger partial charge in [0, 0.05) is 10.4 Å². The van der Waals surface area contributed by atoms with Crippen molar-refractivity contribution in [3.63, 3.8) is 0 Å². The Labute approximate surface area is 120 Å². The van der Waals surface area contributed by atoms with Crippen molar-refractivity contribution >= 4 is 45.6 Å². The summed E-state index contributed by atoms with van der Waals surface area (Å²) in [6.45, 7) is 0. The SMILES string of the molecule is Clc1ccc(Cl)c(Nc2ncnc3ccccc23)c1. The lowest BCUT2D eigenvalue weighted by Crippen LogP contribution is -1.96. The molecule has 0 spiro atoms. The van der Waals surface area contributed by atoms with Gasteiger partial charge in [0.05, 0.1) is 16.2 Å². The number of rotatable bonds is 2. The van der Waals surface area contributed by atoms with Crippen LogP contribution < -0.4 is 5.32 Å². The van der Waals surface area contributed by atoms with Crippen molar-refractivity contribution in [2.75, 3.05) is 5.32 Å². The van der Waals surface area contributed by atoms with E-state index in [1.54, 1.807) is 18.2 Å². The van der Waals surface area contributed by atoms with E-state index in [1.807, 2.05) is 24.3 Å². The van der Waals surface area contributed by atoms with Gasteiger partial charge in [-0.3, -0.25) is 0 Å². The molecule has 2 aromatic carbocycles. The topological polar surface area (TPSA) is 37.8 Å². The molecule has 94 valence electrons. The van der Waals surface area contributed by atoms with E-state index in [0.717, 1.165) is 16.6 Å². The monoisotopic (exact) mass is 289 g/mol. The summed E-state index contributed by atoms with van der Waals surface area (Å²) >= 11 is 12.1. The number of nitrogens with zero attached hydrogens (tertiary/aromatic N) is 2. The van der Waals surface area contributed by atoms with Crippen LogP contribution in [-0.2, 0) is 0 Å². The Hall–Kier alpha value is -1.84. The van der Waals surface area contributed by atoms with Crippen molar-refractivity contribution in [3.05, 3.63) is 58.8 Å². The van der Waals surface area contributed by atoms with Gasteiger partial charge in [-0.2, -0.15) is 0 Å². The molecule has 3 nitrogen and oxygen atoms in total. The second-order valence-electron chi connectivity index (χ2n) is 3.99. The molecule has 0 aliphatic rings. The highest BCUT2D eigenvalue weighted by molar-refractivity contribution is 6.35. The van der Waals surface area contributed by atoms with E-state index in [1.165, 1.54) is 6.33 Å². The van der Waals surface area contributed by atoms with Crippen LogP contribution in [0.15, 0.2) is 48.8 Å². The summed E-state index contributed by atoms with van der Waals surface area (Å²) in [5.74, 6) is 0.703. The Bertz CT molecular complexity index is 738. The normalized spacial score (nSPS) is 10.6. The summed E-state index contributed by atoms with van der Waals surface area (Å²) in [6, 6.07) is 13.0. The number of aromatic nitrogens is 2. The van der Waals surface area contributed by atoms with Crippen LogP contribution in [0.3, 0.4) is 0 Å². The molecule has 0 atom stereocenters. The molecule has 0 saturated carbocycles. The van der Waals surface area contributed by atoms with Gasteiger partial charge in [-0.05, 0) is 30.3 Å². The Morgan fingerprint density at radius 3 is 2.68 bits per heavy atom.